The minimum atomic E-state index is -0.843. The standard InChI is InChI=1S/C14H17N3O5S/c1-9-6-12(17-22-9)16-14(20)13(19)15-7-11(21-4-3-18)10-2-5-23-8-10/h2,5-6,8,11,18H,3-4,7H2,1H3,(H,15,19)(H,16,17,20). The Morgan fingerprint density at radius 3 is 2.91 bits per heavy atom. The largest absolute Gasteiger partial charge is 0.394 e. The summed E-state index contributed by atoms with van der Waals surface area (Å²) in [6, 6.07) is 3.36. The van der Waals surface area contributed by atoms with Gasteiger partial charge in [0.05, 0.1) is 13.2 Å². The Kier molecular flexibility index (Phi) is 6.27. The van der Waals surface area contributed by atoms with Gasteiger partial charge in [0.2, 0.25) is 0 Å². The van der Waals surface area contributed by atoms with Crippen LogP contribution in [0.5, 0.6) is 0 Å². The molecule has 2 amide bonds. The first-order chi connectivity index (χ1) is 11.1. The number of nitrogens with zero attached hydrogens (tertiary/aromatic N) is 1. The van der Waals surface area contributed by atoms with E-state index in [0.29, 0.717) is 5.76 Å². The molecule has 1 unspecified atom stereocenters. The number of anilines is 1. The average Bonchev–Trinajstić information content (AvgIpc) is 3.19. The van der Waals surface area contributed by atoms with Gasteiger partial charge in [0.15, 0.2) is 5.82 Å². The van der Waals surface area contributed by atoms with E-state index in [1.807, 2.05) is 16.8 Å². The minimum absolute atomic E-state index is 0.112. The Bertz CT molecular complexity index is 641. The van der Waals surface area contributed by atoms with Gasteiger partial charge >= 0.3 is 11.8 Å². The summed E-state index contributed by atoms with van der Waals surface area (Å²) in [5.74, 6) is -0.952. The van der Waals surface area contributed by atoms with Crippen LogP contribution in [-0.4, -0.2) is 41.8 Å². The lowest BCUT2D eigenvalue weighted by atomic mass is 10.2. The van der Waals surface area contributed by atoms with Crippen LogP contribution >= 0.6 is 11.3 Å². The highest BCUT2D eigenvalue weighted by atomic mass is 32.1. The third-order valence-electron chi connectivity index (χ3n) is 2.85. The normalized spacial score (nSPS) is 11.9. The molecule has 0 fully saturated rings. The van der Waals surface area contributed by atoms with Crippen molar-refractivity contribution in [2.75, 3.05) is 25.1 Å². The summed E-state index contributed by atoms with van der Waals surface area (Å²) in [6.45, 7) is 1.80. The van der Waals surface area contributed by atoms with Crippen molar-refractivity contribution in [3.63, 3.8) is 0 Å². The molecule has 0 aliphatic carbocycles. The molecule has 0 aliphatic rings. The molecule has 0 radical (unpaired) electrons. The number of aryl methyl sites for hydroxylation is 1. The number of carbonyl (C=O) groups excluding carboxylic acids is 2. The Morgan fingerprint density at radius 2 is 2.30 bits per heavy atom. The lowest BCUT2D eigenvalue weighted by Gasteiger charge is -2.17. The summed E-state index contributed by atoms with van der Waals surface area (Å²) in [7, 11) is 0. The topological polar surface area (TPSA) is 114 Å². The van der Waals surface area contributed by atoms with E-state index < -0.39 is 17.9 Å². The predicted molar refractivity (Wildman–Crippen MR) is 83.0 cm³/mol. The summed E-state index contributed by atoms with van der Waals surface area (Å²) in [5.41, 5.74) is 0.872. The number of carbonyl (C=O) groups is 2. The van der Waals surface area contributed by atoms with Crippen molar-refractivity contribution in [1.82, 2.24) is 10.5 Å². The van der Waals surface area contributed by atoms with Crippen molar-refractivity contribution in [1.29, 1.82) is 0 Å². The molecule has 3 N–H and O–H groups in total. The third kappa shape index (κ3) is 5.16. The summed E-state index contributed by atoms with van der Waals surface area (Å²) in [6.07, 6.45) is -0.431. The van der Waals surface area contributed by atoms with Crippen LogP contribution in [0, 0.1) is 6.92 Å². The number of aliphatic hydroxyl groups excluding tert-OH is 1. The van der Waals surface area contributed by atoms with Gasteiger partial charge in [-0.05, 0) is 29.3 Å². The Hall–Kier alpha value is -2.23. The highest BCUT2D eigenvalue weighted by Gasteiger charge is 2.19. The van der Waals surface area contributed by atoms with Gasteiger partial charge < -0.3 is 19.7 Å². The van der Waals surface area contributed by atoms with Crippen LogP contribution in [0.4, 0.5) is 5.82 Å². The van der Waals surface area contributed by atoms with Gasteiger partial charge in [-0.3, -0.25) is 14.9 Å². The van der Waals surface area contributed by atoms with Crippen molar-refractivity contribution in [2.24, 2.45) is 0 Å². The number of nitrogens with one attached hydrogen (secondary N) is 2. The maximum Gasteiger partial charge on any atom is 0.314 e. The quantitative estimate of drug-likeness (QED) is 0.645. The van der Waals surface area contributed by atoms with E-state index in [1.165, 1.54) is 17.4 Å². The first kappa shape index (κ1) is 17.1. The minimum Gasteiger partial charge on any atom is -0.394 e. The molecule has 2 rings (SSSR count). The van der Waals surface area contributed by atoms with E-state index >= 15 is 0 Å². The van der Waals surface area contributed by atoms with Crippen molar-refractivity contribution in [2.45, 2.75) is 13.0 Å². The van der Waals surface area contributed by atoms with Crippen molar-refractivity contribution < 1.29 is 24.0 Å². The first-order valence-electron chi connectivity index (χ1n) is 6.87. The first-order valence-corrected chi connectivity index (χ1v) is 7.81. The molecule has 1 atom stereocenters. The van der Waals surface area contributed by atoms with E-state index in [0.717, 1.165) is 5.56 Å². The molecule has 9 heteroatoms. The monoisotopic (exact) mass is 339 g/mol. The van der Waals surface area contributed by atoms with Crippen LogP contribution < -0.4 is 10.6 Å². The lowest BCUT2D eigenvalue weighted by molar-refractivity contribution is -0.136. The predicted octanol–water partition coefficient (Wildman–Crippen LogP) is 0.849. The lowest BCUT2D eigenvalue weighted by Crippen LogP contribution is -2.38. The number of aliphatic hydroxyl groups is 1. The molecule has 0 spiro atoms. The van der Waals surface area contributed by atoms with Gasteiger partial charge in [-0.2, -0.15) is 11.3 Å². The molecule has 124 valence electrons. The van der Waals surface area contributed by atoms with E-state index in [9.17, 15) is 9.59 Å². The van der Waals surface area contributed by atoms with Crippen molar-refractivity contribution >= 4 is 29.0 Å². The maximum atomic E-state index is 11.8. The van der Waals surface area contributed by atoms with Crippen LogP contribution in [0.25, 0.3) is 0 Å². The second-order valence-electron chi connectivity index (χ2n) is 4.63. The maximum absolute atomic E-state index is 11.8. The van der Waals surface area contributed by atoms with Crippen LogP contribution in [0.15, 0.2) is 27.4 Å². The molecular weight excluding hydrogens is 322 g/mol. The fourth-order valence-corrected chi connectivity index (χ4v) is 2.49. The van der Waals surface area contributed by atoms with E-state index in [2.05, 4.69) is 15.8 Å². The molecule has 0 saturated carbocycles. The molecule has 23 heavy (non-hydrogen) atoms. The molecule has 2 aromatic heterocycles. The molecule has 0 aliphatic heterocycles. The fourth-order valence-electron chi connectivity index (χ4n) is 1.79. The Morgan fingerprint density at radius 1 is 1.48 bits per heavy atom. The van der Waals surface area contributed by atoms with Gasteiger partial charge in [0, 0.05) is 12.6 Å². The van der Waals surface area contributed by atoms with Crippen LogP contribution in [0.3, 0.4) is 0 Å². The average molecular weight is 339 g/mol. The molecule has 8 nitrogen and oxygen atoms in total. The zero-order valence-corrected chi connectivity index (χ0v) is 13.3. The zero-order chi connectivity index (χ0) is 16.7. The zero-order valence-electron chi connectivity index (χ0n) is 12.4. The second kappa shape index (κ2) is 8.42. The van der Waals surface area contributed by atoms with Gasteiger partial charge in [0.25, 0.3) is 0 Å². The highest BCUT2D eigenvalue weighted by Crippen LogP contribution is 2.19. The summed E-state index contributed by atoms with van der Waals surface area (Å²) in [5, 5.41) is 21.0. The van der Waals surface area contributed by atoms with Gasteiger partial charge in [-0.25, -0.2) is 0 Å². The SMILES string of the molecule is Cc1cc(NC(=O)C(=O)NCC(OCCO)c2ccsc2)no1. The van der Waals surface area contributed by atoms with Crippen molar-refractivity contribution in [3.05, 3.63) is 34.2 Å². The van der Waals surface area contributed by atoms with Gasteiger partial charge in [-0.1, -0.05) is 5.16 Å². The number of aromatic nitrogens is 1. The fraction of sp³-hybridized carbons (Fsp3) is 0.357. The number of thiophene rings is 1. The Balaban J connectivity index is 1.86. The number of rotatable bonds is 7. The molecule has 0 saturated heterocycles. The van der Waals surface area contributed by atoms with Crippen LogP contribution in [0.2, 0.25) is 0 Å². The van der Waals surface area contributed by atoms with E-state index in [1.54, 1.807) is 6.92 Å². The Labute approximate surface area is 136 Å². The second-order valence-corrected chi connectivity index (χ2v) is 5.41. The van der Waals surface area contributed by atoms with E-state index in [4.69, 9.17) is 14.4 Å². The molecule has 2 aromatic rings. The molecular formula is C14H17N3O5S. The number of hydrogen-bond donors (Lipinski definition) is 3. The molecule has 0 aromatic carbocycles. The number of amides is 2. The number of hydrogen-bond acceptors (Lipinski definition) is 7. The summed E-state index contributed by atoms with van der Waals surface area (Å²) < 4.78 is 10.3. The summed E-state index contributed by atoms with van der Waals surface area (Å²) in [4.78, 5) is 23.6. The van der Waals surface area contributed by atoms with Gasteiger partial charge in [0.1, 0.15) is 11.9 Å². The summed E-state index contributed by atoms with van der Waals surface area (Å²) >= 11 is 1.49. The van der Waals surface area contributed by atoms with Gasteiger partial charge in [-0.15, -0.1) is 0 Å². The molecule has 0 bridgehead atoms. The van der Waals surface area contributed by atoms with Crippen LogP contribution in [-0.2, 0) is 14.3 Å². The van der Waals surface area contributed by atoms with Crippen molar-refractivity contribution in [3.8, 4) is 0 Å². The third-order valence-corrected chi connectivity index (χ3v) is 3.55. The number of ether oxygens (including phenoxy) is 1. The molecule has 2 heterocycles. The smallest absolute Gasteiger partial charge is 0.314 e. The van der Waals surface area contributed by atoms with Crippen LogP contribution in [0.1, 0.15) is 17.4 Å². The highest BCUT2D eigenvalue weighted by molar-refractivity contribution is 7.07. The van der Waals surface area contributed by atoms with E-state index in [-0.39, 0.29) is 25.6 Å².